The first-order valence-corrected chi connectivity index (χ1v) is 7.90. The zero-order valence-corrected chi connectivity index (χ0v) is 13.0. The average molecular weight is 315 g/mol. The topological polar surface area (TPSA) is 17.1 Å². The fourth-order valence-corrected chi connectivity index (χ4v) is 4.12. The molecule has 0 N–H and O–H groups in total. The molecule has 3 atom stereocenters. The van der Waals surface area contributed by atoms with Crippen LogP contribution in [0.1, 0.15) is 48.3 Å². The lowest BCUT2D eigenvalue weighted by molar-refractivity contribution is 0.0842. The molecule has 0 amide bonds. The Bertz CT molecular complexity index is 404. The number of thiophene rings is 1. The van der Waals surface area contributed by atoms with Crippen LogP contribution in [0, 0.1) is 24.7 Å². The van der Waals surface area contributed by atoms with Crippen LogP contribution < -0.4 is 0 Å². The van der Waals surface area contributed by atoms with Crippen LogP contribution in [0.4, 0.5) is 0 Å². The number of halogens is 1. The van der Waals surface area contributed by atoms with Crippen LogP contribution in [0.2, 0.25) is 0 Å². The maximum Gasteiger partial charge on any atom is 0.175 e. The summed E-state index contributed by atoms with van der Waals surface area (Å²) in [7, 11) is 0. The third-order valence-corrected chi connectivity index (χ3v) is 6.22. The Labute approximate surface area is 116 Å². The van der Waals surface area contributed by atoms with E-state index in [9.17, 15) is 4.79 Å². The summed E-state index contributed by atoms with van der Waals surface area (Å²) in [6, 6.07) is 2.03. The van der Waals surface area contributed by atoms with Crippen LogP contribution in [0.25, 0.3) is 0 Å². The van der Waals surface area contributed by atoms with Gasteiger partial charge in [-0.05, 0) is 65.6 Å². The van der Waals surface area contributed by atoms with Gasteiger partial charge >= 0.3 is 0 Å². The number of carbonyl (C=O) groups excluding carboxylic acids is 1. The molecule has 0 aliphatic heterocycles. The van der Waals surface area contributed by atoms with Gasteiger partial charge in [0.15, 0.2) is 5.78 Å². The average Bonchev–Trinajstić information content (AvgIpc) is 2.62. The van der Waals surface area contributed by atoms with Gasteiger partial charge in [-0.1, -0.05) is 13.8 Å². The summed E-state index contributed by atoms with van der Waals surface area (Å²) in [5, 5.41) is 0. The molecule has 0 spiro atoms. The van der Waals surface area contributed by atoms with E-state index >= 15 is 0 Å². The van der Waals surface area contributed by atoms with E-state index in [-0.39, 0.29) is 5.92 Å². The van der Waals surface area contributed by atoms with Gasteiger partial charge in [-0.25, -0.2) is 0 Å². The molecule has 1 saturated carbocycles. The van der Waals surface area contributed by atoms with Crippen molar-refractivity contribution in [2.24, 2.45) is 17.8 Å². The maximum absolute atomic E-state index is 12.4. The summed E-state index contributed by atoms with van der Waals surface area (Å²) in [5.41, 5.74) is 1.18. The zero-order chi connectivity index (χ0) is 12.6. The van der Waals surface area contributed by atoms with Crippen molar-refractivity contribution in [2.45, 2.75) is 40.0 Å². The van der Waals surface area contributed by atoms with Gasteiger partial charge in [-0.3, -0.25) is 4.79 Å². The molecule has 1 nitrogen and oxygen atoms in total. The molecule has 1 fully saturated rings. The summed E-state index contributed by atoms with van der Waals surface area (Å²) >= 11 is 5.08. The van der Waals surface area contributed by atoms with Gasteiger partial charge < -0.3 is 0 Å². The van der Waals surface area contributed by atoms with E-state index in [0.29, 0.717) is 11.7 Å². The Morgan fingerprint density at radius 2 is 2.06 bits per heavy atom. The van der Waals surface area contributed by atoms with E-state index in [1.54, 1.807) is 11.3 Å². The van der Waals surface area contributed by atoms with Gasteiger partial charge in [-0.2, -0.15) is 0 Å². The first kappa shape index (κ1) is 13.3. The first-order chi connectivity index (χ1) is 7.99. The van der Waals surface area contributed by atoms with Gasteiger partial charge in [-0.15, -0.1) is 11.3 Å². The van der Waals surface area contributed by atoms with E-state index in [1.807, 2.05) is 13.0 Å². The Morgan fingerprint density at radius 1 is 1.35 bits per heavy atom. The lowest BCUT2D eigenvalue weighted by Crippen LogP contribution is -2.26. The number of rotatable bonds is 2. The predicted molar refractivity (Wildman–Crippen MR) is 76.8 cm³/mol. The second-order valence-corrected chi connectivity index (χ2v) is 7.77. The molecule has 1 heterocycles. The Hall–Kier alpha value is -0.150. The highest BCUT2D eigenvalue weighted by Crippen LogP contribution is 2.37. The summed E-state index contributed by atoms with van der Waals surface area (Å²) in [6.45, 7) is 6.62. The largest absolute Gasteiger partial charge is 0.293 e. The number of aryl methyl sites for hydroxylation is 1. The number of hydrogen-bond donors (Lipinski definition) is 0. The second kappa shape index (κ2) is 5.23. The van der Waals surface area contributed by atoms with Crippen molar-refractivity contribution in [1.29, 1.82) is 0 Å². The Morgan fingerprint density at radius 3 is 2.59 bits per heavy atom. The van der Waals surface area contributed by atoms with Crippen molar-refractivity contribution in [1.82, 2.24) is 0 Å². The highest BCUT2D eigenvalue weighted by atomic mass is 79.9. The number of ketones is 1. The summed E-state index contributed by atoms with van der Waals surface area (Å²) in [5.74, 6) is 2.08. The van der Waals surface area contributed by atoms with Crippen molar-refractivity contribution in [3.05, 3.63) is 20.3 Å². The van der Waals surface area contributed by atoms with Gasteiger partial charge in [0.25, 0.3) is 0 Å². The highest BCUT2D eigenvalue weighted by molar-refractivity contribution is 9.11. The molecule has 3 unspecified atom stereocenters. The monoisotopic (exact) mass is 314 g/mol. The van der Waals surface area contributed by atoms with E-state index < -0.39 is 0 Å². The number of hydrogen-bond acceptors (Lipinski definition) is 2. The van der Waals surface area contributed by atoms with Crippen LogP contribution in [0.3, 0.4) is 0 Å². The lowest BCUT2D eigenvalue weighted by atomic mass is 9.74. The van der Waals surface area contributed by atoms with Crippen molar-refractivity contribution in [2.75, 3.05) is 0 Å². The van der Waals surface area contributed by atoms with Gasteiger partial charge in [0, 0.05) is 5.92 Å². The van der Waals surface area contributed by atoms with Gasteiger partial charge in [0.2, 0.25) is 0 Å². The minimum atomic E-state index is 0.256. The zero-order valence-electron chi connectivity index (χ0n) is 10.6. The van der Waals surface area contributed by atoms with Crippen molar-refractivity contribution >= 4 is 33.0 Å². The molecule has 0 radical (unpaired) electrons. The number of Topliss-reactive ketones (excluding diaryl/α,β-unsaturated/α-hetero) is 1. The van der Waals surface area contributed by atoms with E-state index in [4.69, 9.17) is 0 Å². The van der Waals surface area contributed by atoms with E-state index in [2.05, 4.69) is 29.8 Å². The van der Waals surface area contributed by atoms with Crippen LogP contribution in [-0.4, -0.2) is 5.78 Å². The summed E-state index contributed by atoms with van der Waals surface area (Å²) in [6.07, 6.45) is 3.33. The number of carbonyl (C=O) groups is 1. The molecule has 0 aromatic carbocycles. The smallest absolute Gasteiger partial charge is 0.175 e. The van der Waals surface area contributed by atoms with Crippen LogP contribution in [0.15, 0.2) is 9.85 Å². The molecule has 0 bridgehead atoms. The van der Waals surface area contributed by atoms with E-state index in [1.165, 1.54) is 12.0 Å². The summed E-state index contributed by atoms with van der Waals surface area (Å²) < 4.78 is 1.10. The second-order valence-electron chi connectivity index (χ2n) is 5.40. The molecule has 0 saturated heterocycles. The Balaban J connectivity index is 2.10. The van der Waals surface area contributed by atoms with Crippen LogP contribution in [0.5, 0.6) is 0 Å². The van der Waals surface area contributed by atoms with Gasteiger partial charge in [0.05, 0.1) is 8.66 Å². The normalized spacial score (nSPS) is 29.3. The molecular formula is C14H19BrOS. The molecule has 2 rings (SSSR count). The predicted octanol–water partition coefficient (Wildman–Crippen LogP) is 5.07. The molecule has 3 heteroatoms. The van der Waals surface area contributed by atoms with Gasteiger partial charge in [0.1, 0.15) is 0 Å². The SMILES string of the molecule is Cc1cc(C(=O)C2CCC(C)C(C)C2)sc1Br. The third-order valence-electron chi connectivity index (χ3n) is 4.07. The van der Waals surface area contributed by atoms with E-state index in [0.717, 1.165) is 27.4 Å². The van der Waals surface area contributed by atoms with Crippen LogP contribution >= 0.6 is 27.3 Å². The lowest BCUT2D eigenvalue weighted by Gasteiger charge is -2.30. The fraction of sp³-hybridized carbons (Fsp3) is 0.643. The standard InChI is InChI=1S/C14H19BrOS/c1-8-4-5-11(6-9(8)2)13(16)12-7-10(3)14(15)17-12/h7-9,11H,4-6H2,1-3H3. The minimum Gasteiger partial charge on any atom is -0.293 e. The molecule has 1 aliphatic carbocycles. The van der Waals surface area contributed by atoms with Crippen LogP contribution in [-0.2, 0) is 0 Å². The van der Waals surface area contributed by atoms with Crippen molar-refractivity contribution in [3.63, 3.8) is 0 Å². The fourth-order valence-electron chi connectivity index (χ4n) is 2.57. The summed E-state index contributed by atoms with van der Waals surface area (Å²) in [4.78, 5) is 13.3. The van der Waals surface area contributed by atoms with Crippen molar-refractivity contribution < 1.29 is 4.79 Å². The third kappa shape index (κ3) is 2.82. The molecule has 17 heavy (non-hydrogen) atoms. The molecule has 1 aliphatic rings. The molecule has 1 aromatic heterocycles. The molecule has 1 aromatic rings. The van der Waals surface area contributed by atoms with Crippen molar-refractivity contribution in [3.8, 4) is 0 Å². The maximum atomic E-state index is 12.4. The molecular weight excluding hydrogens is 296 g/mol. The minimum absolute atomic E-state index is 0.256. The Kier molecular flexibility index (Phi) is 4.09. The quantitative estimate of drug-likeness (QED) is 0.696. The molecule has 94 valence electrons. The highest BCUT2D eigenvalue weighted by Gasteiger charge is 2.30. The first-order valence-electron chi connectivity index (χ1n) is 6.29.